The molecule has 148 valence electrons. The molecule has 0 bridgehead atoms. The molecule has 29 heavy (non-hydrogen) atoms. The van der Waals surface area contributed by atoms with Crippen LogP contribution in [-0.4, -0.2) is 33.1 Å². The van der Waals surface area contributed by atoms with Gasteiger partial charge in [0.05, 0.1) is 13.0 Å². The fourth-order valence-electron chi connectivity index (χ4n) is 3.43. The Kier molecular flexibility index (Phi) is 5.65. The van der Waals surface area contributed by atoms with Crippen molar-refractivity contribution in [3.8, 4) is 0 Å². The zero-order valence-corrected chi connectivity index (χ0v) is 16.1. The van der Waals surface area contributed by atoms with Crippen molar-refractivity contribution >= 4 is 17.5 Å². The predicted molar refractivity (Wildman–Crippen MR) is 109 cm³/mol. The van der Waals surface area contributed by atoms with Gasteiger partial charge in [0.25, 0.3) is 0 Å². The van der Waals surface area contributed by atoms with Crippen LogP contribution in [0.5, 0.6) is 0 Å². The Morgan fingerprint density at radius 2 is 1.72 bits per heavy atom. The first-order chi connectivity index (χ1) is 14.2. The molecular formula is C22H23N5O2. The summed E-state index contributed by atoms with van der Waals surface area (Å²) in [5.74, 6) is 0.143. The Morgan fingerprint density at radius 3 is 2.38 bits per heavy atom. The first-order valence-corrected chi connectivity index (χ1v) is 9.73. The van der Waals surface area contributed by atoms with E-state index in [1.54, 1.807) is 15.9 Å². The Hall–Kier alpha value is -3.48. The molecule has 7 heteroatoms. The van der Waals surface area contributed by atoms with Crippen molar-refractivity contribution in [2.75, 3.05) is 11.4 Å². The van der Waals surface area contributed by atoms with Crippen LogP contribution in [-0.2, 0) is 29.1 Å². The minimum atomic E-state index is -0.0262. The van der Waals surface area contributed by atoms with Crippen molar-refractivity contribution in [3.05, 3.63) is 77.9 Å². The molecule has 0 saturated carbocycles. The van der Waals surface area contributed by atoms with E-state index in [1.807, 2.05) is 48.5 Å². The van der Waals surface area contributed by atoms with Gasteiger partial charge in [-0.2, -0.15) is 5.10 Å². The van der Waals surface area contributed by atoms with Crippen molar-refractivity contribution < 1.29 is 9.59 Å². The SMILES string of the molecule is O=C(Cc1ccc(N2CCCC2=O)cc1)NCc1ccc(Cn2cncn2)cc1. The van der Waals surface area contributed by atoms with Gasteiger partial charge in [-0.05, 0) is 35.2 Å². The Labute approximate surface area is 169 Å². The minimum absolute atomic E-state index is 0.0262. The van der Waals surface area contributed by atoms with Gasteiger partial charge in [0.1, 0.15) is 12.7 Å². The lowest BCUT2D eigenvalue weighted by molar-refractivity contribution is -0.120. The van der Waals surface area contributed by atoms with E-state index < -0.39 is 0 Å². The number of benzene rings is 2. The predicted octanol–water partition coefficient (Wildman–Crippen LogP) is 2.31. The monoisotopic (exact) mass is 389 g/mol. The minimum Gasteiger partial charge on any atom is -0.352 e. The van der Waals surface area contributed by atoms with Gasteiger partial charge < -0.3 is 10.2 Å². The summed E-state index contributed by atoms with van der Waals surface area (Å²) >= 11 is 0. The van der Waals surface area contributed by atoms with Gasteiger partial charge in [0, 0.05) is 25.2 Å². The molecule has 0 spiro atoms. The van der Waals surface area contributed by atoms with Crippen molar-refractivity contribution in [2.45, 2.75) is 32.4 Å². The van der Waals surface area contributed by atoms with Crippen LogP contribution in [0.2, 0.25) is 0 Å². The van der Waals surface area contributed by atoms with E-state index in [4.69, 9.17) is 0 Å². The lowest BCUT2D eigenvalue weighted by Crippen LogP contribution is -2.25. The van der Waals surface area contributed by atoms with E-state index in [2.05, 4.69) is 15.4 Å². The quantitative estimate of drug-likeness (QED) is 0.672. The molecule has 1 aromatic heterocycles. The Balaban J connectivity index is 1.26. The van der Waals surface area contributed by atoms with Crippen molar-refractivity contribution in [1.29, 1.82) is 0 Å². The summed E-state index contributed by atoms with van der Waals surface area (Å²) in [6.07, 6.45) is 5.04. The van der Waals surface area contributed by atoms with Gasteiger partial charge in [0.2, 0.25) is 11.8 Å². The molecule has 0 unspecified atom stereocenters. The van der Waals surface area contributed by atoms with Crippen LogP contribution in [0.25, 0.3) is 0 Å². The summed E-state index contributed by atoms with van der Waals surface area (Å²) < 4.78 is 1.77. The second-order valence-corrected chi connectivity index (χ2v) is 7.18. The number of carbonyl (C=O) groups excluding carboxylic acids is 2. The fraction of sp³-hybridized carbons (Fsp3) is 0.273. The summed E-state index contributed by atoms with van der Waals surface area (Å²) in [7, 11) is 0. The third-order valence-electron chi connectivity index (χ3n) is 5.01. The summed E-state index contributed by atoms with van der Waals surface area (Å²) in [5, 5.41) is 7.05. The third-order valence-corrected chi connectivity index (χ3v) is 5.01. The Morgan fingerprint density at radius 1 is 1.00 bits per heavy atom. The van der Waals surface area contributed by atoms with Gasteiger partial charge in [-0.1, -0.05) is 36.4 Å². The zero-order valence-electron chi connectivity index (χ0n) is 16.1. The molecule has 1 N–H and O–H groups in total. The highest BCUT2D eigenvalue weighted by Crippen LogP contribution is 2.21. The first kappa shape index (κ1) is 18.9. The number of nitrogens with one attached hydrogen (secondary N) is 1. The highest BCUT2D eigenvalue weighted by atomic mass is 16.2. The first-order valence-electron chi connectivity index (χ1n) is 9.73. The maximum Gasteiger partial charge on any atom is 0.227 e. The van der Waals surface area contributed by atoms with Gasteiger partial charge >= 0.3 is 0 Å². The maximum absolute atomic E-state index is 12.3. The topological polar surface area (TPSA) is 80.1 Å². The number of aromatic nitrogens is 3. The lowest BCUT2D eigenvalue weighted by Gasteiger charge is -2.15. The van der Waals surface area contributed by atoms with Gasteiger partial charge in [-0.25, -0.2) is 9.67 Å². The number of anilines is 1. The summed E-state index contributed by atoms with van der Waals surface area (Å²) in [6.45, 7) is 1.94. The highest BCUT2D eigenvalue weighted by Gasteiger charge is 2.21. The molecule has 7 nitrogen and oxygen atoms in total. The van der Waals surface area contributed by atoms with E-state index in [9.17, 15) is 9.59 Å². The molecule has 2 amide bonds. The summed E-state index contributed by atoms with van der Waals surface area (Å²) in [5.41, 5.74) is 4.01. The van der Waals surface area contributed by atoms with Crippen LogP contribution < -0.4 is 10.2 Å². The molecule has 0 aliphatic carbocycles. The normalized spacial score (nSPS) is 13.7. The number of carbonyl (C=O) groups is 2. The van der Waals surface area contributed by atoms with Crippen LogP contribution in [0, 0.1) is 0 Å². The standard InChI is InChI=1S/C22H23N5O2/c28-21(12-17-7-9-20(10-8-17)27-11-1-2-22(27)29)24-13-18-3-5-19(6-4-18)14-26-16-23-15-25-26/h3-10,15-16H,1-2,11-14H2,(H,24,28). The number of amides is 2. The molecule has 0 atom stereocenters. The van der Waals surface area contributed by atoms with Crippen LogP contribution in [0.3, 0.4) is 0 Å². The lowest BCUT2D eigenvalue weighted by atomic mass is 10.1. The molecule has 0 radical (unpaired) electrons. The van der Waals surface area contributed by atoms with Crippen LogP contribution >= 0.6 is 0 Å². The highest BCUT2D eigenvalue weighted by molar-refractivity contribution is 5.95. The average Bonchev–Trinajstić information content (AvgIpc) is 3.40. The van der Waals surface area contributed by atoms with Crippen LogP contribution in [0.1, 0.15) is 29.5 Å². The van der Waals surface area contributed by atoms with Crippen LogP contribution in [0.4, 0.5) is 5.69 Å². The fourth-order valence-corrected chi connectivity index (χ4v) is 3.43. The Bertz CT molecular complexity index is 965. The molecule has 1 aliphatic heterocycles. The van der Waals surface area contributed by atoms with Crippen molar-refractivity contribution in [3.63, 3.8) is 0 Å². The van der Waals surface area contributed by atoms with Gasteiger partial charge in [0.15, 0.2) is 0 Å². The van der Waals surface area contributed by atoms with E-state index >= 15 is 0 Å². The summed E-state index contributed by atoms with van der Waals surface area (Å²) in [4.78, 5) is 29.8. The van der Waals surface area contributed by atoms with Gasteiger partial charge in [-0.3, -0.25) is 9.59 Å². The van der Waals surface area contributed by atoms with Crippen molar-refractivity contribution in [2.24, 2.45) is 0 Å². The number of hydrogen-bond donors (Lipinski definition) is 1. The molecule has 1 saturated heterocycles. The molecule has 1 aliphatic rings. The van der Waals surface area contributed by atoms with Crippen LogP contribution in [0.15, 0.2) is 61.2 Å². The zero-order chi connectivity index (χ0) is 20.1. The van der Waals surface area contributed by atoms with E-state index in [0.717, 1.165) is 35.3 Å². The second-order valence-electron chi connectivity index (χ2n) is 7.18. The van der Waals surface area contributed by atoms with E-state index in [1.165, 1.54) is 6.33 Å². The summed E-state index contributed by atoms with van der Waals surface area (Å²) in [6, 6.07) is 15.7. The molecule has 2 aromatic carbocycles. The largest absolute Gasteiger partial charge is 0.352 e. The number of hydrogen-bond acceptors (Lipinski definition) is 4. The molecule has 1 fully saturated rings. The second kappa shape index (κ2) is 8.68. The smallest absolute Gasteiger partial charge is 0.227 e. The molecule has 4 rings (SSSR count). The average molecular weight is 389 g/mol. The maximum atomic E-state index is 12.3. The third kappa shape index (κ3) is 4.87. The number of nitrogens with zero attached hydrogens (tertiary/aromatic N) is 4. The molecular weight excluding hydrogens is 366 g/mol. The van der Waals surface area contributed by atoms with E-state index in [-0.39, 0.29) is 11.8 Å². The van der Waals surface area contributed by atoms with E-state index in [0.29, 0.717) is 25.9 Å². The molecule has 2 heterocycles. The number of rotatable bonds is 7. The molecule has 3 aromatic rings. The van der Waals surface area contributed by atoms with Crippen molar-refractivity contribution in [1.82, 2.24) is 20.1 Å². The van der Waals surface area contributed by atoms with Gasteiger partial charge in [-0.15, -0.1) is 0 Å².